The average molecular weight is 318 g/mol. The van der Waals surface area contributed by atoms with Crippen LogP contribution in [0.3, 0.4) is 0 Å². The van der Waals surface area contributed by atoms with Crippen LogP contribution in [0.1, 0.15) is 53.9 Å². The molecular formula is C20H30O3. The molecule has 2 rings (SSSR count). The van der Waals surface area contributed by atoms with Crippen LogP contribution >= 0.6 is 0 Å². The summed E-state index contributed by atoms with van der Waals surface area (Å²) in [5.74, 6) is 0.380. The highest BCUT2D eigenvalue weighted by molar-refractivity contribution is 5.87. The van der Waals surface area contributed by atoms with E-state index in [-0.39, 0.29) is 23.4 Å². The minimum absolute atomic E-state index is 0.164. The summed E-state index contributed by atoms with van der Waals surface area (Å²) < 4.78 is 5.79. The maximum Gasteiger partial charge on any atom is 0.333 e. The van der Waals surface area contributed by atoms with Gasteiger partial charge >= 0.3 is 5.97 Å². The highest BCUT2D eigenvalue weighted by atomic mass is 16.5. The van der Waals surface area contributed by atoms with Crippen molar-refractivity contribution < 1.29 is 14.6 Å². The van der Waals surface area contributed by atoms with Gasteiger partial charge in [0.25, 0.3) is 0 Å². The smallest absolute Gasteiger partial charge is 0.333 e. The number of aliphatic hydroxyl groups is 1. The Hall–Kier alpha value is -1.35. The van der Waals surface area contributed by atoms with E-state index in [1.165, 1.54) is 5.57 Å². The van der Waals surface area contributed by atoms with Crippen LogP contribution in [0.4, 0.5) is 0 Å². The number of allylic oxidation sites excluding steroid dienone is 3. The fourth-order valence-corrected chi connectivity index (χ4v) is 3.81. The Morgan fingerprint density at radius 2 is 2.17 bits per heavy atom. The zero-order valence-electron chi connectivity index (χ0n) is 15.1. The topological polar surface area (TPSA) is 46.5 Å². The Labute approximate surface area is 140 Å². The molecule has 0 aromatic heterocycles. The first-order chi connectivity index (χ1) is 10.7. The highest BCUT2D eigenvalue weighted by Crippen LogP contribution is 2.53. The van der Waals surface area contributed by atoms with Gasteiger partial charge in [-0.25, -0.2) is 4.79 Å². The summed E-state index contributed by atoms with van der Waals surface area (Å²) in [6.07, 6.45) is 5.40. The van der Waals surface area contributed by atoms with Gasteiger partial charge in [0.15, 0.2) is 0 Å². The third-order valence-corrected chi connectivity index (χ3v) is 5.83. The zero-order chi connectivity index (χ0) is 17.4. The van der Waals surface area contributed by atoms with E-state index in [1.807, 2.05) is 6.92 Å². The lowest BCUT2D eigenvalue weighted by Gasteiger charge is -2.51. The minimum atomic E-state index is -0.594. The largest absolute Gasteiger partial charge is 0.458 e. The molecule has 128 valence electrons. The summed E-state index contributed by atoms with van der Waals surface area (Å²) >= 11 is 0. The maximum absolute atomic E-state index is 12.2. The van der Waals surface area contributed by atoms with Gasteiger partial charge < -0.3 is 9.84 Å². The van der Waals surface area contributed by atoms with Crippen LogP contribution in [0.15, 0.2) is 35.5 Å². The molecule has 23 heavy (non-hydrogen) atoms. The molecule has 4 atom stereocenters. The number of hydrogen-bond acceptors (Lipinski definition) is 3. The molecule has 2 aliphatic carbocycles. The van der Waals surface area contributed by atoms with Crippen LogP contribution in [0.5, 0.6) is 0 Å². The zero-order valence-corrected chi connectivity index (χ0v) is 15.1. The van der Waals surface area contributed by atoms with Crippen LogP contribution < -0.4 is 0 Å². The van der Waals surface area contributed by atoms with Gasteiger partial charge in [0.1, 0.15) is 6.10 Å². The standard InChI is InChI=1S/C20H30O3/c1-7-13(4)19(22)23-18-11-17(21)14(5)16-10-15(12(2)3)8-9-20(16,18)6/h7-8,12,16-18,21H,5,9-11H2,1-4,6H3/b13-7-/t16-,17+,18+,20+/m0/s1. The van der Waals surface area contributed by atoms with Gasteiger partial charge in [-0.1, -0.05) is 45.1 Å². The SMILES string of the molecule is C=C1[C@H](O)C[C@@H](OC(=O)/C(C)=C\C)[C@]2(C)CC=C(C(C)C)C[C@@H]12. The number of aliphatic hydroxyl groups excluding tert-OH is 1. The van der Waals surface area contributed by atoms with E-state index in [1.54, 1.807) is 13.0 Å². The van der Waals surface area contributed by atoms with Crippen LogP contribution in [-0.2, 0) is 9.53 Å². The van der Waals surface area contributed by atoms with Crippen molar-refractivity contribution in [2.24, 2.45) is 17.3 Å². The first-order valence-corrected chi connectivity index (χ1v) is 8.60. The van der Waals surface area contributed by atoms with Crippen LogP contribution in [0, 0.1) is 17.3 Å². The van der Waals surface area contributed by atoms with Gasteiger partial charge in [-0.05, 0) is 44.1 Å². The Balaban J connectivity index is 2.31. The van der Waals surface area contributed by atoms with Crippen molar-refractivity contribution >= 4 is 5.97 Å². The molecule has 1 N–H and O–H groups in total. The molecule has 0 aromatic carbocycles. The van der Waals surface area contributed by atoms with E-state index < -0.39 is 6.10 Å². The summed E-state index contributed by atoms with van der Waals surface area (Å²) in [7, 11) is 0. The number of fused-ring (bicyclic) bond motifs is 1. The third-order valence-electron chi connectivity index (χ3n) is 5.83. The molecule has 0 saturated heterocycles. The van der Waals surface area contributed by atoms with Gasteiger partial charge in [0.05, 0.1) is 6.10 Å². The van der Waals surface area contributed by atoms with Crippen molar-refractivity contribution in [3.63, 3.8) is 0 Å². The molecule has 0 amide bonds. The third kappa shape index (κ3) is 3.30. The molecule has 3 heteroatoms. The molecule has 0 heterocycles. The molecule has 0 unspecified atom stereocenters. The molecule has 0 bridgehead atoms. The maximum atomic E-state index is 12.2. The van der Waals surface area contributed by atoms with E-state index in [0.29, 0.717) is 17.9 Å². The van der Waals surface area contributed by atoms with E-state index in [4.69, 9.17) is 4.74 Å². The lowest BCUT2D eigenvalue weighted by Crippen LogP contribution is -2.51. The van der Waals surface area contributed by atoms with Crippen LogP contribution in [0.2, 0.25) is 0 Å². The first-order valence-electron chi connectivity index (χ1n) is 8.60. The Bertz CT molecular complexity index is 555. The minimum Gasteiger partial charge on any atom is -0.458 e. The van der Waals surface area contributed by atoms with E-state index in [2.05, 4.69) is 33.4 Å². The molecule has 0 radical (unpaired) electrons. The summed E-state index contributed by atoms with van der Waals surface area (Å²) in [6.45, 7) is 14.3. The fraction of sp³-hybridized carbons (Fsp3) is 0.650. The first kappa shape index (κ1) is 18.0. The van der Waals surface area contributed by atoms with Crippen molar-refractivity contribution in [1.29, 1.82) is 0 Å². The molecule has 3 nitrogen and oxygen atoms in total. The molecule has 1 saturated carbocycles. The Kier molecular flexibility index (Phi) is 5.20. The fourth-order valence-electron chi connectivity index (χ4n) is 3.81. The van der Waals surface area contributed by atoms with E-state index in [9.17, 15) is 9.90 Å². The normalized spacial score (nSPS) is 34.9. The van der Waals surface area contributed by atoms with Crippen molar-refractivity contribution in [3.8, 4) is 0 Å². The number of hydrogen-bond donors (Lipinski definition) is 1. The Morgan fingerprint density at radius 1 is 1.52 bits per heavy atom. The van der Waals surface area contributed by atoms with Gasteiger partial charge in [0.2, 0.25) is 0 Å². The number of esters is 1. The Morgan fingerprint density at radius 3 is 2.74 bits per heavy atom. The summed E-state index contributed by atoms with van der Waals surface area (Å²) in [5.41, 5.74) is 2.74. The van der Waals surface area contributed by atoms with Crippen LogP contribution in [-0.4, -0.2) is 23.3 Å². The van der Waals surface area contributed by atoms with Gasteiger partial charge in [-0.2, -0.15) is 0 Å². The van der Waals surface area contributed by atoms with Gasteiger partial charge in [0, 0.05) is 17.4 Å². The molecule has 0 aliphatic heterocycles. The predicted molar refractivity (Wildman–Crippen MR) is 92.8 cm³/mol. The molecule has 0 spiro atoms. The monoisotopic (exact) mass is 318 g/mol. The average Bonchev–Trinajstić information content (AvgIpc) is 2.51. The van der Waals surface area contributed by atoms with Crippen molar-refractivity contribution in [1.82, 2.24) is 0 Å². The molecule has 2 aliphatic rings. The second-order valence-corrected chi connectivity index (χ2v) is 7.59. The molecule has 1 fully saturated rings. The summed E-state index contributed by atoms with van der Waals surface area (Å²) in [4.78, 5) is 12.2. The highest BCUT2D eigenvalue weighted by Gasteiger charge is 2.51. The van der Waals surface area contributed by atoms with Crippen molar-refractivity contribution in [2.75, 3.05) is 0 Å². The van der Waals surface area contributed by atoms with Crippen molar-refractivity contribution in [2.45, 2.75) is 66.1 Å². The van der Waals surface area contributed by atoms with E-state index >= 15 is 0 Å². The lowest BCUT2D eigenvalue weighted by molar-refractivity contribution is -0.159. The lowest BCUT2D eigenvalue weighted by atomic mass is 9.56. The predicted octanol–water partition coefficient (Wildman–Crippen LogP) is 4.18. The van der Waals surface area contributed by atoms with E-state index in [0.717, 1.165) is 18.4 Å². The summed E-state index contributed by atoms with van der Waals surface area (Å²) in [6, 6.07) is 0. The van der Waals surface area contributed by atoms with Crippen LogP contribution in [0.25, 0.3) is 0 Å². The second kappa shape index (κ2) is 6.64. The number of rotatable bonds is 3. The molecular weight excluding hydrogens is 288 g/mol. The number of carbonyl (C=O) groups excluding carboxylic acids is 1. The second-order valence-electron chi connectivity index (χ2n) is 7.59. The number of carbonyl (C=O) groups is 1. The summed E-state index contributed by atoms with van der Waals surface area (Å²) in [5, 5.41) is 10.4. The quantitative estimate of drug-likeness (QED) is 0.482. The van der Waals surface area contributed by atoms with Gasteiger partial charge in [-0.3, -0.25) is 0 Å². The van der Waals surface area contributed by atoms with Gasteiger partial charge in [-0.15, -0.1) is 0 Å². The number of ether oxygens (including phenoxy) is 1. The molecule has 0 aromatic rings. The van der Waals surface area contributed by atoms with Crippen molar-refractivity contribution in [3.05, 3.63) is 35.5 Å².